The number of likely N-dealkylation sites (tertiary alicyclic amines) is 2. The van der Waals surface area contributed by atoms with Gasteiger partial charge in [0.25, 0.3) is 0 Å². The summed E-state index contributed by atoms with van der Waals surface area (Å²) in [6.07, 6.45) is 8.52. The van der Waals surface area contributed by atoms with Gasteiger partial charge in [-0.25, -0.2) is 24.0 Å². The first-order chi connectivity index (χ1) is 46.7. The lowest BCUT2D eigenvalue weighted by Gasteiger charge is -2.43. The van der Waals surface area contributed by atoms with Crippen LogP contribution in [0.3, 0.4) is 0 Å². The molecular formula is C76H92N4O16S3. The fourth-order valence-electron chi connectivity index (χ4n) is 13.7. The molecule has 2 amide bonds. The highest BCUT2D eigenvalue weighted by Crippen LogP contribution is 2.44. The summed E-state index contributed by atoms with van der Waals surface area (Å²) in [5, 5.41) is 48.5. The van der Waals surface area contributed by atoms with E-state index in [0.717, 1.165) is 31.4 Å². The number of thioether (sulfide) groups is 3. The van der Waals surface area contributed by atoms with Crippen molar-refractivity contribution in [3.8, 4) is 11.5 Å². The second-order valence-corrected chi connectivity index (χ2v) is 30.5. The number of benzene rings is 5. The van der Waals surface area contributed by atoms with E-state index in [1.807, 2.05) is 131 Å². The number of carbonyl (C=O) groups is 7. The number of nitrogens with one attached hydrogen (secondary N) is 2. The van der Waals surface area contributed by atoms with Crippen LogP contribution in [0.5, 0.6) is 11.5 Å². The molecule has 530 valence electrons. The van der Waals surface area contributed by atoms with E-state index in [2.05, 4.69) is 5.32 Å². The summed E-state index contributed by atoms with van der Waals surface area (Å²) in [4.78, 5) is 102. The van der Waals surface area contributed by atoms with E-state index in [0.29, 0.717) is 63.5 Å². The van der Waals surface area contributed by atoms with E-state index in [4.69, 9.17) is 23.7 Å². The van der Waals surface area contributed by atoms with Crippen LogP contribution in [-0.4, -0.2) is 166 Å². The predicted octanol–water partition coefficient (Wildman–Crippen LogP) is 12.3. The fraction of sp³-hybridized carbons (Fsp3) is 0.461. The summed E-state index contributed by atoms with van der Waals surface area (Å²) in [7, 11) is 0. The van der Waals surface area contributed by atoms with E-state index < -0.39 is 82.2 Å². The molecule has 20 nitrogen and oxygen atoms in total. The maximum absolute atomic E-state index is 15.0. The number of aryl methyl sites for hydroxylation is 2. The molecule has 99 heavy (non-hydrogen) atoms. The van der Waals surface area contributed by atoms with Gasteiger partial charge in [-0.1, -0.05) is 67.6 Å². The second-order valence-electron chi connectivity index (χ2n) is 27.9. The normalized spacial score (nSPS) is 22.1. The Balaban J connectivity index is 0.978. The molecule has 3 heterocycles. The van der Waals surface area contributed by atoms with Crippen LogP contribution < -0.4 is 19.9 Å². The summed E-state index contributed by atoms with van der Waals surface area (Å²) in [5.74, 6) is -6.08. The van der Waals surface area contributed by atoms with E-state index >= 15 is 0 Å². The van der Waals surface area contributed by atoms with Crippen molar-refractivity contribution in [2.24, 2.45) is 23.7 Å². The van der Waals surface area contributed by atoms with Crippen molar-refractivity contribution in [2.45, 2.75) is 144 Å². The van der Waals surface area contributed by atoms with Gasteiger partial charge in [0.2, 0.25) is 0 Å². The molecule has 5 aromatic rings. The molecule has 1 aliphatic carbocycles. The molecule has 3 saturated heterocycles. The van der Waals surface area contributed by atoms with E-state index in [9.17, 15) is 54.1 Å². The molecule has 0 spiro atoms. The van der Waals surface area contributed by atoms with Gasteiger partial charge in [-0.3, -0.25) is 9.59 Å². The highest BCUT2D eigenvalue weighted by molar-refractivity contribution is 7.99. The van der Waals surface area contributed by atoms with Gasteiger partial charge in [0, 0.05) is 113 Å². The number of ether oxygens (including phenoxy) is 5. The third kappa shape index (κ3) is 16.9. The van der Waals surface area contributed by atoms with Crippen molar-refractivity contribution in [3.63, 3.8) is 0 Å². The third-order valence-electron chi connectivity index (χ3n) is 19.9. The molecule has 5 N–H and O–H groups in total. The molecule has 9 atom stereocenters. The molecule has 0 radical (unpaired) electrons. The Morgan fingerprint density at radius 2 is 1.02 bits per heavy atom. The minimum atomic E-state index is -1.72. The molecule has 3 unspecified atom stereocenters. The highest BCUT2D eigenvalue weighted by atomic mass is 32.2. The number of carboxylic acids is 3. The number of carbonyl (C=O) groups excluding carboxylic acids is 4. The summed E-state index contributed by atoms with van der Waals surface area (Å²) in [6, 6.07) is 28.9. The van der Waals surface area contributed by atoms with Crippen molar-refractivity contribution in [1.29, 1.82) is 0 Å². The van der Waals surface area contributed by atoms with Gasteiger partial charge in [-0.15, -0.1) is 35.3 Å². The van der Waals surface area contributed by atoms with Crippen LogP contribution in [-0.2, 0) is 41.4 Å². The Labute approximate surface area is 592 Å². The Bertz CT molecular complexity index is 3930. The van der Waals surface area contributed by atoms with Crippen molar-refractivity contribution >= 4 is 82.6 Å². The summed E-state index contributed by atoms with van der Waals surface area (Å²) >= 11 is 4.66. The summed E-state index contributed by atoms with van der Waals surface area (Å²) < 4.78 is 31.1. The van der Waals surface area contributed by atoms with Crippen molar-refractivity contribution < 1.29 is 77.6 Å². The minimum Gasteiger partial charge on any atom is -0.629 e. The standard InChI is InChI=1S/C76H92N4O16S3/c1-43-31-51(58-37-77-38-59(58)64(81)47-15-21-55(97-12)22-16-47)35-49(66(43)94-73(5,6)68(83)84)27-29-92-71(89)78-39-60(62(41-78)65(82)48-17-23-56(98-13)24-18-48)52-32-44(2)67(95-74(7,8)69(85)86)50(36-52)28-30-93-72(90)79-40-61(63(42-79)80(91)54-19-25-57(99-14)26-20-54)53-33-45(3)76(11,46(4)34-53)96-75(9,10)70(87)88/h15-26,31-36,45,58-63,77,80H,27-30,37-42H2,1-14H3,(H,83,84)(H,85,86)(H,87,88)/t45?,58-,59+,60+,61-,62-,63+,76?/m0/s1. The number of ketones is 2. The Kier molecular flexibility index (Phi) is 23.7. The Morgan fingerprint density at radius 1 is 0.586 bits per heavy atom. The van der Waals surface area contributed by atoms with Crippen LogP contribution >= 0.6 is 35.3 Å². The van der Waals surface area contributed by atoms with Gasteiger partial charge in [-0.05, 0) is 169 Å². The number of amides is 2. The molecule has 9 rings (SSSR count). The van der Waals surface area contributed by atoms with E-state index in [1.54, 1.807) is 54.7 Å². The molecule has 0 saturated carbocycles. The maximum atomic E-state index is 15.0. The smallest absolute Gasteiger partial charge is 0.410 e. The number of allylic oxidation sites excluding steroid dienone is 1. The van der Waals surface area contributed by atoms with Crippen molar-refractivity contribution in [3.05, 3.63) is 170 Å². The Hall–Kier alpha value is -7.64. The molecular weight excluding hydrogens is 1320 g/mol. The lowest BCUT2D eigenvalue weighted by Crippen LogP contribution is -3.08. The predicted molar refractivity (Wildman–Crippen MR) is 382 cm³/mol. The van der Waals surface area contributed by atoms with Crippen molar-refractivity contribution in [2.75, 3.05) is 71.2 Å². The average molecular weight is 1410 g/mol. The number of nitrogens with zero attached hydrogens (tertiary/aromatic N) is 2. The SMILES string of the molecule is CSc1ccc(C(=O)[C@H]2CN(C(=O)OCCc3cc([C@@H]4CNC[C@H]4C(=O)c4ccc(SC)cc4)cc(C)c3OC(C)(C)C(=O)O)C[C@@H]2c2cc(C)c(OC(C)(C)C(=O)O)c(CCOC(=O)N3C[C@@H]([NH+]([O-])c4ccc(SC)cc4)[C@H](C4=CC(C)C(C)(OC(C)(C)C(=O)O)C(C)=C4)C3)c2)cc1. The number of carboxylic acid groups (broad SMARTS) is 3. The second kappa shape index (κ2) is 31.1. The molecule has 0 aromatic heterocycles. The van der Waals surface area contributed by atoms with Gasteiger partial charge >= 0.3 is 30.1 Å². The zero-order chi connectivity index (χ0) is 72.2. The molecule has 4 aliphatic rings. The molecule has 0 bridgehead atoms. The van der Waals surface area contributed by atoms with E-state index in [-0.39, 0.29) is 86.4 Å². The van der Waals surface area contributed by atoms with Crippen LogP contribution in [0.1, 0.15) is 128 Å². The first kappa shape index (κ1) is 75.6. The molecule has 3 aliphatic heterocycles. The van der Waals surface area contributed by atoms with Crippen LogP contribution in [0.2, 0.25) is 0 Å². The number of hydrogen-bond acceptors (Lipinski definition) is 17. The number of hydroxylamine groups is 1. The number of rotatable bonds is 27. The highest BCUT2D eigenvalue weighted by Gasteiger charge is 2.49. The summed E-state index contributed by atoms with van der Waals surface area (Å²) in [6.45, 7) is 18.8. The monoisotopic (exact) mass is 1410 g/mol. The fourth-order valence-corrected chi connectivity index (χ4v) is 14.9. The number of Topliss-reactive ketones (excluding diaryl/α,β-unsaturated/α-hetero) is 2. The molecule has 5 aromatic carbocycles. The van der Waals surface area contributed by atoms with Crippen LogP contribution in [0.4, 0.5) is 15.3 Å². The van der Waals surface area contributed by atoms with Gasteiger partial charge < -0.3 is 64.4 Å². The Morgan fingerprint density at radius 3 is 1.47 bits per heavy atom. The zero-order valence-corrected chi connectivity index (χ0v) is 61.2. The minimum absolute atomic E-state index is 0.000662. The maximum Gasteiger partial charge on any atom is 0.410 e. The van der Waals surface area contributed by atoms with Gasteiger partial charge in [-0.2, -0.15) is 0 Å². The van der Waals surface area contributed by atoms with Crippen molar-refractivity contribution in [1.82, 2.24) is 15.1 Å². The first-order valence-electron chi connectivity index (χ1n) is 33.2. The van der Waals surface area contributed by atoms with Crippen LogP contribution in [0, 0.1) is 42.7 Å². The molecule has 3 fully saturated rings. The first-order valence-corrected chi connectivity index (χ1v) is 36.9. The largest absolute Gasteiger partial charge is 0.629 e. The lowest BCUT2D eigenvalue weighted by atomic mass is 9.75. The molecule has 23 heteroatoms. The van der Waals surface area contributed by atoms with Crippen LogP contribution in [0.25, 0.3) is 0 Å². The van der Waals surface area contributed by atoms with Crippen LogP contribution in [0.15, 0.2) is 135 Å². The number of aliphatic carboxylic acids is 3. The number of hydrogen-bond donors (Lipinski definition) is 5. The topological polar surface area (TPSA) is 272 Å². The summed E-state index contributed by atoms with van der Waals surface area (Å²) in [5.41, 5.74) is 0.912. The van der Waals surface area contributed by atoms with Gasteiger partial charge in [0.15, 0.2) is 28.4 Å². The van der Waals surface area contributed by atoms with Gasteiger partial charge in [0.05, 0.1) is 31.3 Å². The number of quaternary nitrogens is 1. The quantitative estimate of drug-likeness (QED) is 0.0186. The zero-order valence-electron chi connectivity index (χ0n) is 58.8. The average Bonchev–Trinajstić information content (AvgIpc) is 1.75. The van der Waals surface area contributed by atoms with Gasteiger partial charge in [0.1, 0.15) is 23.2 Å². The van der Waals surface area contributed by atoms with E-state index in [1.165, 1.54) is 63.1 Å². The lowest BCUT2D eigenvalue weighted by molar-refractivity contribution is -0.807. The third-order valence-corrected chi connectivity index (χ3v) is 22.2.